The Morgan fingerprint density at radius 1 is 1.26 bits per heavy atom. The Kier molecular flexibility index (Phi) is 6.84. The van der Waals surface area contributed by atoms with Crippen LogP contribution < -0.4 is 11.1 Å². The highest BCUT2D eigenvalue weighted by Gasteiger charge is 2.33. The summed E-state index contributed by atoms with van der Waals surface area (Å²) in [7, 11) is 0. The summed E-state index contributed by atoms with van der Waals surface area (Å²) in [6, 6.07) is -0.0365. The molecule has 0 saturated heterocycles. The minimum absolute atomic E-state index is 0.0365. The van der Waals surface area contributed by atoms with E-state index in [1.807, 2.05) is 13.8 Å². The molecule has 19 heavy (non-hydrogen) atoms. The highest BCUT2D eigenvalue weighted by Crippen LogP contribution is 2.25. The maximum absolute atomic E-state index is 12.4. The summed E-state index contributed by atoms with van der Waals surface area (Å²) in [6.07, 6.45) is 4.55. The van der Waals surface area contributed by atoms with E-state index in [1.165, 1.54) is 0 Å². The summed E-state index contributed by atoms with van der Waals surface area (Å²) < 4.78 is 0. The van der Waals surface area contributed by atoms with Crippen LogP contribution in [0.4, 0.5) is 0 Å². The van der Waals surface area contributed by atoms with Crippen molar-refractivity contribution in [3.63, 3.8) is 0 Å². The van der Waals surface area contributed by atoms with Crippen LogP contribution in [-0.2, 0) is 9.59 Å². The Morgan fingerprint density at radius 3 is 2.53 bits per heavy atom. The Labute approximate surface area is 115 Å². The summed E-state index contributed by atoms with van der Waals surface area (Å²) in [5, 5.41) is 2.81. The monoisotopic (exact) mass is 269 g/mol. The van der Waals surface area contributed by atoms with Gasteiger partial charge in [-0.25, -0.2) is 0 Å². The fraction of sp³-hybridized carbons (Fsp3) is 0.857. The van der Waals surface area contributed by atoms with Crippen LogP contribution in [0.2, 0.25) is 0 Å². The molecule has 5 heteroatoms. The summed E-state index contributed by atoms with van der Waals surface area (Å²) in [6.45, 7) is 5.47. The van der Waals surface area contributed by atoms with Gasteiger partial charge in [0.05, 0.1) is 12.5 Å². The molecule has 0 aromatic heterocycles. The molecule has 2 atom stereocenters. The summed E-state index contributed by atoms with van der Waals surface area (Å²) in [5.41, 5.74) is 5.98. The molecule has 110 valence electrons. The smallest absolute Gasteiger partial charge is 0.239 e. The van der Waals surface area contributed by atoms with Crippen molar-refractivity contribution in [1.82, 2.24) is 10.2 Å². The molecule has 1 fully saturated rings. The molecule has 1 rings (SSSR count). The molecular formula is C14H27N3O2. The zero-order chi connectivity index (χ0) is 14.3. The van der Waals surface area contributed by atoms with E-state index in [4.69, 9.17) is 5.73 Å². The van der Waals surface area contributed by atoms with Gasteiger partial charge in [-0.15, -0.1) is 0 Å². The number of hydrogen-bond acceptors (Lipinski definition) is 3. The maximum Gasteiger partial charge on any atom is 0.239 e. The van der Waals surface area contributed by atoms with E-state index in [2.05, 4.69) is 5.32 Å². The standard InChI is InChI=1S/C14H27N3O2/c1-3-8-16-13(18)10-17(9-4-2)14(19)11-6-5-7-12(11)15/h11-12H,3-10,15H2,1-2H3,(H,16,18). The predicted molar refractivity (Wildman–Crippen MR) is 75.5 cm³/mol. The van der Waals surface area contributed by atoms with Crippen molar-refractivity contribution in [2.24, 2.45) is 11.7 Å². The first-order valence-corrected chi connectivity index (χ1v) is 7.41. The third-order valence-corrected chi connectivity index (χ3v) is 3.60. The van der Waals surface area contributed by atoms with Crippen LogP contribution in [0.1, 0.15) is 46.0 Å². The third kappa shape index (κ3) is 4.82. The maximum atomic E-state index is 12.4. The first kappa shape index (κ1) is 16.0. The Balaban J connectivity index is 2.55. The normalized spacial score (nSPS) is 22.3. The van der Waals surface area contributed by atoms with Crippen LogP contribution in [0, 0.1) is 5.92 Å². The second-order valence-corrected chi connectivity index (χ2v) is 5.31. The van der Waals surface area contributed by atoms with E-state index < -0.39 is 0 Å². The molecule has 0 heterocycles. The molecule has 1 aliphatic carbocycles. The lowest BCUT2D eigenvalue weighted by molar-refractivity contribution is -0.139. The largest absolute Gasteiger partial charge is 0.355 e. The quantitative estimate of drug-likeness (QED) is 0.720. The fourth-order valence-corrected chi connectivity index (χ4v) is 2.56. The van der Waals surface area contributed by atoms with Crippen LogP contribution in [-0.4, -0.2) is 42.4 Å². The lowest BCUT2D eigenvalue weighted by atomic mass is 10.0. The van der Waals surface area contributed by atoms with Crippen molar-refractivity contribution >= 4 is 11.8 Å². The predicted octanol–water partition coefficient (Wildman–Crippen LogP) is 0.879. The highest BCUT2D eigenvalue weighted by molar-refractivity contribution is 5.86. The van der Waals surface area contributed by atoms with Crippen molar-refractivity contribution < 1.29 is 9.59 Å². The summed E-state index contributed by atoms with van der Waals surface area (Å²) >= 11 is 0. The summed E-state index contributed by atoms with van der Waals surface area (Å²) in [4.78, 5) is 25.8. The second-order valence-electron chi connectivity index (χ2n) is 5.31. The van der Waals surface area contributed by atoms with E-state index in [0.717, 1.165) is 32.1 Å². The molecule has 1 aliphatic rings. The third-order valence-electron chi connectivity index (χ3n) is 3.60. The molecule has 0 spiro atoms. The average molecular weight is 269 g/mol. The molecule has 2 amide bonds. The van der Waals surface area contributed by atoms with Crippen molar-refractivity contribution in [3.05, 3.63) is 0 Å². The lowest BCUT2D eigenvalue weighted by Crippen LogP contribution is -2.46. The zero-order valence-corrected chi connectivity index (χ0v) is 12.2. The second kappa shape index (κ2) is 8.15. The van der Waals surface area contributed by atoms with Gasteiger partial charge in [0.1, 0.15) is 0 Å². The molecule has 0 aliphatic heterocycles. The molecular weight excluding hydrogens is 242 g/mol. The van der Waals surface area contributed by atoms with Gasteiger partial charge in [0.2, 0.25) is 11.8 Å². The number of nitrogens with two attached hydrogens (primary N) is 1. The minimum atomic E-state index is -0.0921. The van der Waals surface area contributed by atoms with Crippen molar-refractivity contribution in [3.8, 4) is 0 Å². The van der Waals surface area contributed by atoms with Gasteiger partial charge in [0, 0.05) is 19.1 Å². The van der Waals surface area contributed by atoms with Crippen LogP contribution in [0.15, 0.2) is 0 Å². The number of nitrogens with zero attached hydrogens (tertiary/aromatic N) is 1. The number of rotatable bonds is 7. The van der Waals surface area contributed by atoms with Gasteiger partial charge in [0.25, 0.3) is 0 Å². The fourth-order valence-electron chi connectivity index (χ4n) is 2.56. The van der Waals surface area contributed by atoms with Gasteiger partial charge >= 0.3 is 0 Å². The topological polar surface area (TPSA) is 75.4 Å². The van der Waals surface area contributed by atoms with Crippen LogP contribution >= 0.6 is 0 Å². The van der Waals surface area contributed by atoms with Crippen LogP contribution in [0.3, 0.4) is 0 Å². The molecule has 0 aromatic rings. The first-order chi connectivity index (χ1) is 9.10. The Bertz CT molecular complexity index is 307. The SMILES string of the molecule is CCCNC(=O)CN(CCC)C(=O)C1CCCC1N. The van der Waals surface area contributed by atoms with Crippen molar-refractivity contribution in [1.29, 1.82) is 0 Å². The average Bonchev–Trinajstić information content (AvgIpc) is 2.81. The number of hydrogen-bond donors (Lipinski definition) is 2. The van der Waals surface area contributed by atoms with Gasteiger partial charge in [-0.2, -0.15) is 0 Å². The van der Waals surface area contributed by atoms with Gasteiger partial charge in [0.15, 0.2) is 0 Å². The highest BCUT2D eigenvalue weighted by atomic mass is 16.2. The zero-order valence-electron chi connectivity index (χ0n) is 12.2. The molecule has 0 aromatic carbocycles. The van der Waals surface area contributed by atoms with Gasteiger partial charge in [-0.3, -0.25) is 9.59 Å². The molecule has 1 saturated carbocycles. The molecule has 0 bridgehead atoms. The lowest BCUT2D eigenvalue weighted by Gasteiger charge is -2.26. The van der Waals surface area contributed by atoms with Crippen LogP contribution in [0.25, 0.3) is 0 Å². The van der Waals surface area contributed by atoms with E-state index in [-0.39, 0.29) is 30.3 Å². The summed E-state index contributed by atoms with van der Waals surface area (Å²) in [5.74, 6) is -0.112. The number of carbonyl (C=O) groups is 2. The van der Waals surface area contributed by atoms with Crippen LogP contribution in [0.5, 0.6) is 0 Å². The van der Waals surface area contributed by atoms with E-state index in [0.29, 0.717) is 13.1 Å². The molecule has 3 N–H and O–H groups in total. The molecule has 0 radical (unpaired) electrons. The van der Waals surface area contributed by atoms with E-state index in [9.17, 15) is 9.59 Å². The van der Waals surface area contributed by atoms with E-state index in [1.54, 1.807) is 4.90 Å². The minimum Gasteiger partial charge on any atom is -0.355 e. The Morgan fingerprint density at radius 2 is 2.00 bits per heavy atom. The molecule has 5 nitrogen and oxygen atoms in total. The number of carbonyl (C=O) groups excluding carboxylic acids is 2. The van der Waals surface area contributed by atoms with Crippen molar-refractivity contribution in [2.75, 3.05) is 19.6 Å². The van der Waals surface area contributed by atoms with Gasteiger partial charge < -0.3 is 16.0 Å². The number of nitrogens with one attached hydrogen (secondary N) is 1. The Hall–Kier alpha value is -1.10. The first-order valence-electron chi connectivity index (χ1n) is 7.41. The van der Waals surface area contributed by atoms with Gasteiger partial charge in [-0.05, 0) is 25.7 Å². The van der Waals surface area contributed by atoms with Crippen molar-refractivity contribution in [2.45, 2.75) is 52.0 Å². The molecule has 2 unspecified atom stereocenters. The van der Waals surface area contributed by atoms with Gasteiger partial charge in [-0.1, -0.05) is 20.3 Å². The van der Waals surface area contributed by atoms with E-state index >= 15 is 0 Å². The number of amides is 2.